The van der Waals surface area contributed by atoms with E-state index in [2.05, 4.69) is 53.8 Å². The number of carboxylic acid groups (broad SMARTS) is 1. The Morgan fingerprint density at radius 1 is 1.13 bits per heavy atom. The molecule has 6 nitrogen and oxygen atoms in total. The highest BCUT2D eigenvalue weighted by atomic mass is 16.5. The second-order valence-corrected chi connectivity index (χ2v) is 10.5. The molecule has 0 aliphatic carbocycles. The minimum absolute atomic E-state index is 0.167. The molecule has 2 aromatic carbocycles. The number of aliphatic hydroxyl groups excluding tert-OH is 1. The van der Waals surface area contributed by atoms with Crippen molar-refractivity contribution < 1.29 is 19.7 Å². The number of nitrogens with zero attached hydrogens (tertiary/aromatic N) is 2. The normalized spacial score (nSPS) is 18.5. The summed E-state index contributed by atoms with van der Waals surface area (Å²) in [6.45, 7) is 6.62. The maximum absolute atomic E-state index is 11.3. The molecule has 1 aliphatic heterocycles. The van der Waals surface area contributed by atoms with Crippen molar-refractivity contribution in [3.8, 4) is 17.6 Å². The monoisotopic (exact) mass is 514 g/mol. The molecule has 0 saturated carbocycles. The number of benzene rings is 2. The van der Waals surface area contributed by atoms with Crippen molar-refractivity contribution >= 4 is 16.9 Å². The maximum Gasteiger partial charge on any atom is 0.303 e. The van der Waals surface area contributed by atoms with E-state index in [9.17, 15) is 15.0 Å². The van der Waals surface area contributed by atoms with E-state index in [-0.39, 0.29) is 12.3 Å². The molecule has 2 N–H and O–H groups in total. The Kier molecular flexibility index (Phi) is 9.38. The van der Waals surface area contributed by atoms with Crippen molar-refractivity contribution in [2.24, 2.45) is 11.8 Å². The average Bonchev–Trinajstić information content (AvgIpc) is 2.89. The van der Waals surface area contributed by atoms with Gasteiger partial charge >= 0.3 is 5.97 Å². The van der Waals surface area contributed by atoms with E-state index in [4.69, 9.17) is 4.74 Å². The molecule has 0 bridgehead atoms. The zero-order chi connectivity index (χ0) is 27.1. The van der Waals surface area contributed by atoms with Crippen molar-refractivity contribution in [3.05, 3.63) is 70.9 Å². The van der Waals surface area contributed by atoms with Gasteiger partial charge < -0.3 is 14.9 Å². The van der Waals surface area contributed by atoms with E-state index < -0.39 is 12.1 Å². The lowest BCUT2D eigenvalue weighted by Crippen LogP contribution is -2.41. The van der Waals surface area contributed by atoms with Crippen LogP contribution < -0.4 is 4.74 Å². The fourth-order valence-electron chi connectivity index (χ4n) is 5.71. The van der Waals surface area contributed by atoms with E-state index in [0.29, 0.717) is 25.3 Å². The topological polar surface area (TPSA) is 82.9 Å². The highest BCUT2D eigenvalue weighted by Gasteiger charge is 2.30. The van der Waals surface area contributed by atoms with E-state index in [1.165, 1.54) is 11.1 Å². The Labute approximate surface area is 225 Å². The number of aliphatic carboxylic acids is 1. The quantitative estimate of drug-likeness (QED) is 0.366. The van der Waals surface area contributed by atoms with Gasteiger partial charge in [0.05, 0.1) is 25.3 Å². The number of methoxy groups -OCH3 is 1. The minimum Gasteiger partial charge on any atom is -0.497 e. The molecule has 3 atom stereocenters. The number of ether oxygens (including phenoxy) is 1. The van der Waals surface area contributed by atoms with Crippen LogP contribution in [0.3, 0.4) is 0 Å². The standard InChI is InChI=1S/C32H38N2O4/c1-22-17-23(2)19-24(18-22)5-4-15-34-16-13-25(26(21-34)7-11-32(36)37)6-10-31(35)28-12-14-33-30-9-8-27(38-3)20-29(28)30/h8-9,12,14,17-20,25-26,31,35H,6-7,10-11,13,15-16,21H2,1-3H3,(H,36,37)/t25-,26+,31?/m1/s1. The number of rotatable bonds is 9. The first-order chi connectivity index (χ1) is 18.3. The van der Waals surface area contributed by atoms with Crippen molar-refractivity contribution in [3.63, 3.8) is 0 Å². The maximum atomic E-state index is 11.3. The summed E-state index contributed by atoms with van der Waals surface area (Å²) in [5, 5.41) is 21.4. The Balaban J connectivity index is 1.40. The lowest BCUT2D eigenvalue weighted by Gasteiger charge is -2.38. The summed E-state index contributed by atoms with van der Waals surface area (Å²) in [5.74, 6) is 7.24. The van der Waals surface area contributed by atoms with Crippen molar-refractivity contribution in [1.29, 1.82) is 0 Å². The molecule has 1 fully saturated rings. The molecular weight excluding hydrogens is 476 g/mol. The summed E-state index contributed by atoms with van der Waals surface area (Å²) in [5.41, 5.74) is 5.15. The number of carboxylic acids is 1. The van der Waals surface area contributed by atoms with Crippen LogP contribution >= 0.6 is 0 Å². The summed E-state index contributed by atoms with van der Waals surface area (Å²) in [7, 11) is 1.63. The lowest BCUT2D eigenvalue weighted by molar-refractivity contribution is -0.137. The number of pyridine rings is 1. The second-order valence-electron chi connectivity index (χ2n) is 10.5. The van der Waals surface area contributed by atoms with Crippen LogP contribution in [0.4, 0.5) is 0 Å². The van der Waals surface area contributed by atoms with Crippen LogP contribution in [-0.4, -0.2) is 52.8 Å². The Morgan fingerprint density at radius 2 is 1.92 bits per heavy atom. The molecule has 6 heteroatoms. The first kappa shape index (κ1) is 27.6. The molecule has 1 unspecified atom stereocenters. The summed E-state index contributed by atoms with van der Waals surface area (Å²) in [4.78, 5) is 18.1. The summed E-state index contributed by atoms with van der Waals surface area (Å²) < 4.78 is 5.37. The third-order valence-electron chi connectivity index (χ3n) is 7.61. The van der Waals surface area contributed by atoms with Gasteiger partial charge in [-0.15, -0.1) is 0 Å². The molecular formula is C32H38N2O4. The number of aliphatic hydroxyl groups is 1. The molecule has 0 amide bonds. The van der Waals surface area contributed by atoms with Crippen LogP contribution in [-0.2, 0) is 4.79 Å². The number of aryl methyl sites for hydroxylation is 2. The highest BCUT2D eigenvalue weighted by molar-refractivity contribution is 5.83. The van der Waals surface area contributed by atoms with E-state index in [1.54, 1.807) is 13.3 Å². The zero-order valence-corrected chi connectivity index (χ0v) is 22.6. The van der Waals surface area contributed by atoms with Gasteiger partial charge in [-0.05, 0) is 111 Å². The Bertz CT molecular complexity index is 1310. The number of hydrogen-bond acceptors (Lipinski definition) is 5. The van der Waals surface area contributed by atoms with Crippen LogP contribution in [0.5, 0.6) is 5.75 Å². The highest BCUT2D eigenvalue weighted by Crippen LogP contribution is 2.35. The molecule has 38 heavy (non-hydrogen) atoms. The first-order valence-electron chi connectivity index (χ1n) is 13.4. The molecule has 3 aromatic rings. The lowest BCUT2D eigenvalue weighted by atomic mass is 9.79. The number of hydrogen-bond donors (Lipinski definition) is 2. The van der Waals surface area contributed by atoms with Crippen molar-refractivity contribution in [2.75, 3.05) is 26.7 Å². The van der Waals surface area contributed by atoms with Gasteiger partial charge in [0.15, 0.2) is 0 Å². The van der Waals surface area contributed by atoms with E-state index in [0.717, 1.165) is 53.7 Å². The van der Waals surface area contributed by atoms with Crippen LogP contribution in [0.1, 0.15) is 60.5 Å². The SMILES string of the molecule is COc1ccc2nccc(C(O)CC[C@@H]3CCN(CC#Cc4cc(C)cc(C)c4)C[C@@H]3CCC(=O)O)c2c1. The molecule has 2 heterocycles. The molecule has 0 spiro atoms. The predicted molar refractivity (Wildman–Crippen MR) is 150 cm³/mol. The van der Waals surface area contributed by atoms with Gasteiger partial charge in [-0.2, -0.15) is 0 Å². The van der Waals surface area contributed by atoms with Crippen LogP contribution in [0, 0.1) is 37.5 Å². The summed E-state index contributed by atoms with van der Waals surface area (Å²) in [6, 6.07) is 13.9. The zero-order valence-electron chi connectivity index (χ0n) is 22.6. The molecule has 1 aliphatic rings. The van der Waals surface area contributed by atoms with Gasteiger partial charge in [0, 0.05) is 30.1 Å². The average molecular weight is 515 g/mol. The largest absolute Gasteiger partial charge is 0.497 e. The number of aromatic nitrogens is 1. The smallest absolute Gasteiger partial charge is 0.303 e. The number of likely N-dealkylation sites (tertiary alicyclic amines) is 1. The van der Waals surface area contributed by atoms with Gasteiger partial charge in [0.2, 0.25) is 0 Å². The third-order valence-corrected chi connectivity index (χ3v) is 7.61. The van der Waals surface area contributed by atoms with Gasteiger partial charge in [-0.25, -0.2) is 0 Å². The van der Waals surface area contributed by atoms with Gasteiger partial charge in [0.1, 0.15) is 5.75 Å². The number of carbonyl (C=O) groups is 1. The fourth-order valence-corrected chi connectivity index (χ4v) is 5.71. The van der Waals surface area contributed by atoms with E-state index >= 15 is 0 Å². The van der Waals surface area contributed by atoms with Crippen molar-refractivity contribution in [2.45, 2.75) is 52.1 Å². The summed E-state index contributed by atoms with van der Waals surface area (Å²) in [6.07, 6.45) is 4.38. The first-order valence-corrected chi connectivity index (χ1v) is 13.4. The molecule has 0 radical (unpaired) electrons. The Morgan fingerprint density at radius 3 is 2.66 bits per heavy atom. The number of piperidine rings is 1. The summed E-state index contributed by atoms with van der Waals surface area (Å²) >= 11 is 0. The van der Waals surface area contributed by atoms with Crippen LogP contribution in [0.25, 0.3) is 10.9 Å². The molecule has 1 saturated heterocycles. The third kappa shape index (κ3) is 7.34. The van der Waals surface area contributed by atoms with Gasteiger partial charge in [0.25, 0.3) is 0 Å². The molecule has 1 aromatic heterocycles. The van der Waals surface area contributed by atoms with Gasteiger partial charge in [-0.3, -0.25) is 14.7 Å². The molecule has 200 valence electrons. The number of fused-ring (bicyclic) bond motifs is 1. The fraction of sp³-hybridized carbons (Fsp3) is 0.438. The molecule has 4 rings (SSSR count). The van der Waals surface area contributed by atoms with Gasteiger partial charge in [-0.1, -0.05) is 17.9 Å². The second kappa shape index (κ2) is 12.9. The Hall–Kier alpha value is -3.40. The van der Waals surface area contributed by atoms with E-state index in [1.807, 2.05) is 24.3 Å². The van der Waals surface area contributed by atoms with Crippen LogP contribution in [0.2, 0.25) is 0 Å². The van der Waals surface area contributed by atoms with Crippen molar-refractivity contribution in [1.82, 2.24) is 9.88 Å². The minimum atomic E-state index is -0.757. The van der Waals surface area contributed by atoms with Crippen LogP contribution in [0.15, 0.2) is 48.7 Å². The predicted octanol–water partition coefficient (Wildman–Crippen LogP) is 5.53.